The number of aryl methyl sites for hydroxylation is 2. The second kappa shape index (κ2) is 39.9. The van der Waals surface area contributed by atoms with Gasteiger partial charge in [-0.25, -0.2) is 0 Å². The molecular weight excluding hydrogens is 1210 g/mol. The van der Waals surface area contributed by atoms with Crippen LogP contribution in [0.2, 0.25) is 0 Å². The van der Waals surface area contributed by atoms with Crippen LogP contribution < -0.4 is 49.5 Å². The molecule has 15 N–H and O–H groups in total. The number of amidine groups is 2. The third-order valence-electron chi connectivity index (χ3n) is 15.6. The Balaban J connectivity index is 0.00000115. The molecule has 0 spiro atoms. The molecule has 0 radical (unpaired) electrons. The van der Waals surface area contributed by atoms with Crippen LogP contribution in [-0.4, -0.2) is 72.2 Å². The van der Waals surface area contributed by atoms with Crippen LogP contribution in [0.1, 0.15) is 252 Å². The minimum absolute atomic E-state index is 0. The average Bonchev–Trinajstić information content (AvgIpc) is 0.795. The van der Waals surface area contributed by atoms with Crippen LogP contribution in [0.3, 0.4) is 0 Å². The molecule has 15 nitrogen and oxygen atoms in total. The molecule has 0 aromatic heterocycles. The Morgan fingerprint density at radius 3 is 1.29 bits per heavy atom. The highest BCUT2D eigenvalue weighted by molar-refractivity contribution is 6.01. The van der Waals surface area contributed by atoms with Crippen LogP contribution in [0.4, 0.5) is 22.7 Å². The minimum atomic E-state index is -0.322. The van der Waals surface area contributed by atoms with Crippen LogP contribution in [-0.2, 0) is 17.3 Å². The van der Waals surface area contributed by atoms with E-state index in [0.717, 1.165) is 82.8 Å². The van der Waals surface area contributed by atoms with Crippen molar-refractivity contribution in [2.24, 2.45) is 39.5 Å². The van der Waals surface area contributed by atoms with Crippen molar-refractivity contribution in [2.45, 2.75) is 227 Å². The fourth-order valence-electron chi connectivity index (χ4n) is 9.70. The number of carbonyl (C=O) groups excluding carboxylic acids is 4. The quantitative estimate of drug-likeness (QED) is 0.0119. The van der Waals surface area contributed by atoms with Gasteiger partial charge in [-0.05, 0) is 243 Å². The maximum absolute atomic E-state index is 12.1. The molecule has 0 aliphatic rings. The second-order valence-electron chi connectivity index (χ2n) is 31.2. The van der Waals surface area contributed by atoms with Crippen molar-refractivity contribution >= 4 is 63.3 Å². The molecule has 0 atom stereocenters. The Morgan fingerprint density at radius 1 is 0.520 bits per heavy atom. The number of nitrogens with one attached hydrogen (secondary N) is 5. The van der Waals surface area contributed by atoms with Crippen molar-refractivity contribution in [1.82, 2.24) is 0 Å². The summed E-state index contributed by atoms with van der Waals surface area (Å²) in [5, 5.41) is 23.7. The number of ketones is 4. The van der Waals surface area contributed by atoms with Gasteiger partial charge in [-0.15, -0.1) is 0 Å². The van der Waals surface area contributed by atoms with Crippen molar-refractivity contribution in [3.8, 4) is 0 Å². The first-order chi connectivity index (χ1) is 44.4. The molecule has 0 bridgehead atoms. The molecular formula is C83H129N11O4. The topological polar surface area (TPSA) is 285 Å². The van der Waals surface area contributed by atoms with Crippen LogP contribution in [0, 0.1) is 42.4 Å². The number of nitrogens with two attached hydrogens (primary N) is 5. The van der Waals surface area contributed by atoms with Gasteiger partial charge in [0.15, 0.2) is 23.1 Å². The number of anilines is 4. The monoisotopic (exact) mass is 1340 g/mol. The summed E-state index contributed by atoms with van der Waals surface area (Å²) in [6.45, 7) is 52.6. The van der Waals surface area contributed by atoms with Gasteiger partial charge >= 0.3 is 0 Å². The molecule has 0 aliphatic heterocycles. The predicted octanol–water partition coefficient (Wildman–Crippen LogP) is 18.6. The molecule has 6 rings (SSSR count). The summed E-state index contributed by atoms with van der Waals surface area (Å²) in [6, 6.07) is 41.0. The van der Waals surface area contributed by atoms with Gasteiger partial charge in [0, 0.05) is 92.6 Å². The molecule has 6 aromatic rings. The Hall–Kier alpha value is -8.40. The van der Waals surface area contributed by atoms with Crippen molar-refractivity contribution in [2.75, 3.05) is 41.0 Å². The van der Waals surface area contributed by atoms with E-state index >= 15 is 0 Å². The molecule has 540 valence electrons. The summed E-state index contributed by atoms with van der Waals surface area (Å²) in [5.74, 6) is 0.794. The predicted molar refractivity (Wildman–Crippen MR) is 424 cm³/mol. The summed E-state index contributed by atoms with van der Waals surface area (Å²) in [6.07, 6.45) is 4.11. The maximum atomic E-state index is 12.1. The smallest absolute Gasteiger partial charge is 0.168 e. The Morgan fingerprint density at radius 2 is 0.929 bits per heavy atom. The third-order valence-corrected chi connectivity index (χ3v) is 15.6. The van der Waals surface area contributed by atoms with E-state index in [1.54, 1.807) is 31.2 Å². The van der Waals surface area contributed by atoms with E-state index in [1.165, 1.54) is 34.7 Å². The highest BCUT2D eigenvalue weighted by Gasteiger charge is 2.26. The first-order valence-corrected chi connectivity index (χ1v) is 33.7. The number of Topliss-reactive ketones (excluding diaryl/α,β-unsaturated/α-hetero) is 4. The molecule has 0 amide bonds. The van der Waals surface area contributed by atoms with Gasteiger partial charge in [0.1, 0.15) is 5.84 Å². The number of benzene rings is 6. The van der Waals surface area contributed by atoms with Crippen LogP contribution >= 0.6 is 0 Å². The van der Waals surface area contributed by atoms with E-state index in [0.29, 0.717) is 24.2 Å². The Bertz CT molecular complexity index is 3450. The lowest BCUT2D eigenvalue weighted by molar-refractivity contribution is 0.0852. The van der Waals surface area contributed by atoms with Crippen molar-refractivity contribution in [3.05, 3.63) is 195 Å². The first kappa shape index (κ1) is 89.6. The van der Waals surface area contributed by atoms with E-state index in [2.05, 4.69) is 156 Å². The summed E-state index contributed by atoms with van der Waals surface area (Å²) in [4.78, 5) is 48.5. The van der Waals surface area contributed by atoms with Crippen molar-refractivity contribution in [3.63, 3.8) is 0 Å². The molecule has 0 heterocycles. The van der Waals surface area contributed by atoms with Gasteiger partial charge in [-0.3, -0.25) is 30.0 Å². The second-order valence-corrected chi connectivity index (χ2v) is 31.2. The maximum Gasteiger partial charge on any atom is 0.168 e. The molecule has 6 aromatic carbocycles. The highest BCUT2D eigenvalue weighted by Crippen LogP contribution is 2.34. The molecule has 0 fully saturated rings. The van der Waals surface area contributed by atoms with Gasteiger partial charge < -0.3 is 49.5 Å². The highest BCUT2D eigenvalue weighted by atomic mass is 16.1. The SMILES string of the molecule is C.C=C(N)c1ccc(CCCC(N)N)cc1.CC(=O)c1ccc(NCC(=N)N)cc1.CC(=O)c1ccc(NCCCC(=N)N)c(C)c1.CC(C)(C)Nc1ccc(C(=O)C(C)(C)C)cc1.CN(c1ccc(C(=O)C(C)(C)C)cc1)C(C)(C)C.Cc1c(C(C)(C)C)ccc(C(C)(C)C)c1C. The Kier molecular flexibility index (Phi) is 36.4. The number of nitrogens with zero attached hydrogens (tertiary/aromatic N) is 1. The first-order valence-electron chi connectivity index (χ1n) is 33.7. The van der Waals surface area contributed by atoms with E-state index in [9.17, 15) is 19.2 Å². The summed E-state index contributed by atoms with van der Waals surface area (Å²) < 4.78 is 0. The van der Waals surface area contributed by atoms with Crippen LogP contribution in [0.5, 0.6) is 0 Å². The fourth-order valence-corrected chi connectivity index (χ4v) is 9.70. The standard InChI is InChI=1S/C16H25NO.C16H26.C15H23NO.C13H19N3O.C12H19N3.C10H13N3O.CH4/c1-15(2,3)14(18)12-8-10-13(11-9-12)17(7)16(4,5)6;1-11-12(2)14(16(6,7)8)10-9-13(11)15(3,4)5;1-14(2,3)13(17)11-7-9-12(10-8-11)16-15(4,5)6;1-9-8-11(10(2)17)5-6-12(9)16-7-3-4-13(14)15;1-9(13)11-7-5-10(6-8-11)3-2-4-12(14)15;1-7(14)8-2-4-9(5-3-8)13-6-10(11)12;/h8-11H,1-7H3;9-10H,1-8H3;7-10,16H,1-6H3;5-6,8,16H,3-4,7H2,1-2H3,(H3,14,15);5-8,12H,1-4,13-15H2;2-5,13H,6H2,1H3,(H3,11,12);1H4. The third kappa shape index (κ3) is 34.2. The molecule has 0 unspecified atom stereocenters. The molecule has 0 aliphatic carbocycles. The van der Waals surface area contributed by atoms with Crippen molar-refractivity contribution in [1.29, 1.82) is 10.8 Å². The zero-order valence-corrected chi connectivity index (χ0v) is 63.8. The van der Waals surface area contributed by atoms with Gasteiger partial charge in [-0.2, -0.15) is 0 Å². The van der Waals surface area contributed by atoms with E-state index in [4.69, 9.17) is 39.5 Å². The lowest BCUT2D eigenvalue weighted by Crippen LogP contribution is -2.38. The van der Waals surface area contributed by atoms with Crippen LogP contribution in [0.15, 0.2) is 134 Å². The van der Waals surface area contributed by atoms with Crippen molar-refractivity contribution < 1.29 is 19.2 Å². The fraction of sp³-hybridized carbons (Fsp3) is 0.470. The van der Waals surface area contributed by atoms with E-state index in [1.807, 2.05) is 127 Å². The minimum Gasteiger partial charge on any atom is -0.399 e. The number of rotatable bonds is 19. The number of carbonyl (C=O) groups is 4. The van der Waals surface area contributed by atoms with Gasteiger partial charge in [0.25, 0.3) is 0 Å². The molecule has 0 saturated heterocycles. The molecule has 0 saturated carbocycles. The lowest BCUT2D eigenvalue weighted by atomic mass is 9.77. The van der Waals surface area contributed by atoms with Gasteiger partial charge in [-0.1, -0.05) is 133 Å². The average molecular weight is 1350 g/mol. The van der Waals surface area contributed by atoms with Gasteiger partial charge in [0.05, 0.1) is 18.5 Å². The lowest BCUT2D eigenvalue weighted by Gasteiger charge is -2.34. The summed E-state index contributed by atoms with van der Waals surface area (Å²) in [5.41, 5.74) is 43.7. The number of hydrogen-bond acceptors (Lipinski definition) is 13. The molecule has 15 heteroatoms. The normalized spacial score (nSPS) is 11.3. The molecule has 98 heavy (non-hydrogen) atoms. The number of hydrogen-bond donors (Lipinski definition) is 10. The largest absolute Gasteiger partial charge is 0.399 e. The Labute approximate surface area is 592 Å². The van der Waals surface area contributed by atoms with Crippen LogP contribution in [0.25, 0.3) is 5.70 Å². The zero-order valence-electron chi connectivity index (χ0n) is 63.8. The summed E-state index contributed by atoms with van der Waals surface area (Å²) in [7, 11) is 2.07. The van der Waals surface area contributed by atoms with Gasteiger partial charge in [0.2, 0.25) is 0 Å². The van der Waals surface area contributed by atoms with E-state index in [-0.39, 0.29) is 81.1 Å². The van der Waals surface area contributed by atoms with E-state index < -0.39 is 0 Å². The zero-order chi connectivity index (χ0) is 74.8. The summed E-state index contributed by atoms with van der Waals surface area (Å²) >= 11 is 0.